The summed E-state index contributed by atoms with van der Waals surface area (Å²) in [7, 11) is 4.71. The molecule has 4 fully saturated rings. The smallest absolute Gasteiger partial charge is 0.310 e. The van der Waals surface area contributed by atoms with Gasteiger partial charge in [-0.25, -0.2) is 0 Å². The molecule has 4 aliphatic rings. The highest BCUT2D eigenvalue weighted by molar-refractivity contribution is 5.77. The molecule has 3 heteroatoms. The summed E-state index contributed by atoms with van der Waals surface area (Å²) in [6, 6.07) is 0.509. The Labute approximate surface area is 122 Å². The minimum absolute atomic E-state index is 0.120. The number of hydrogen-bond acceptors (Lipinski definition) is 2. The molecule has 0 radical (unpaired) electrons. The maximum Gasteiger partial charge on any atom is 0.310 e. The lowest BCUT2D eigenvalue weighted by Crippen LogP contribution is -2.62. The van der Waals surface area contributed by atoms with Crippen LogP contribution in [0.1, 0.15) is 33.6 Å². The number of ether oxygens (including phenoxy) is 1. The predicted molar refractivity (Wildman–Crippen MR) is 76.8 cm³/mol. The minimum atomic E-state index is 0.120. The molecule has 0 aromatic heterocycles. The Morgan fingerprint density at radius 2 is 2.00 bits per heavy atom. The predicted octanol–water partition coefficient (Wildman–Crippen LogP) is 2.30. The standard InChI is InChI=1S/C17H28NO2/c1-9(2)12-13-11-7-6-10-8-18(4,5)15(17(10,11)3)14(12)20-16(13)19/h9-15H,6-8H2,1-5H3/q+1/t10-,11?,12?,13?,14-,15?,17?/m0/s1. The highest BCUT2D eigenvalue weighted by Gasteiger charge is 2.76. The summed E-state index contributed by atoms with van der Waals surface area (Å²) in [5.41, 5.74) is 0.330. The normalized spacial score (nSPS) is 55.2. The molecule has 2 saturated carbocycles. The maximum absolute atomic E-state index is 12.5. The van der Waals surface area contributed by atoms with Gasteiger partial charge in [0.1, 0.15) is 6.04 Å². The molecule has 2 aliphatic carbocycles. The fraction of sp³-hybridized carbons (Fsp3) is 0.941. The Morgan fingerprint density at radius 3 is 2.65 bits per heavy atom. The first-order chi connectivity index (χ1) is 9.28. The van der Waals surface area contributed by atoms with Crippen LogP contribution in [-0.2, 0) is 9.53 Å². The van der Waals surface area contributed by atoms with Gasteiger partial charge in [0.2, 0.25) is 0 Å². The van der Waals surface area contributed by atoms with E-state index in [9.17, 15) is 4.79 Å². The monoisotopic (exact) mass is 278 g/mol. The molecule has 20 heavy (non-hydrogen) atoms. The first-order valence-electron chi connectivity index (χ1n) is 8.31. The zero-order valence-electron chi connectivity index (χ0n) is 13.4. The number of likely N-dealkylation sites (N-methyl/N-ethyl adjacent to an activating group) is 1. The lowest BCUT2D eigenvalue weighted by molar-refractivity contribution is -0.912. The van der Waals surface area contributed by atoms with E-state index in [0.717, 1.165) is 10.4 Å². The van der Waals surface area contributed by atoms with Crippen LogP contribution < -0.4 is 0 Å². The fourth-order valence-electron chi connectivity index (χ4n) is 6.96. The number of quaternary nitrogens is 1. The van der Waals surface area contributed by atoms with E-state index in [-0.39, 0.29) is 18.0 Å². The zero-order valence-corrected chi connectivity index (χ0v) is 13.4. The van der Waals surface area contributed by atoms with Crippen LogP contribution in [0.4, 0.5) is 0 Å². The van der Waals surface area contributed by atoms with Crippen molar-refractivity contribution in [2.24, 2.45) is 35.0 Å². The largest absolute Gasteiger partial charge is 0.455 e. The molecule has 4 rings (SSSR count). The topological polar surface area (TPSA) is 26.3 Å². The van der Waals surface area contributed by atoms with E-state index in [1.165, 1.54) is 19.4 Å². The van der Waals surface area contributed by atoms with Crippen LogP contribution in [0.25, 0.3) is 0 Å². The second-order valence-electron chi connectivity index (χ2n) is 8.90. The van der Waals surface area contributed by atoms with E-state index in [2.05, 4.69) is 34.9 Å². The van der Waals surface area contributed by atoms with Gasteiger partial charge >= 0.3 is 5.97 Å². The van der Waals surface area contributed by atoms with E-state index in [1.54, 1.807) is 0 Å². The van der Waals surface area contributed by atoms with Crippen LogP contribution in [0.3, 0.4) is 0 Å². The summed E-state index contributed by atoms with van der Waals surface area (Å²) in [5.74, 6) is 2.65. The first-order valence-corrected chi connectivity index (χ1v) is 8.31. The molecule has 0 N–H and O–H groups in total. The molecule has 0 amide bonds. The van der Waals surface area contributed by atoms with E-state index in [0.29, 0.717) is 29.2 Å². The van der Waals surface area contributed by atoms with Crippen molar-refractivity contribution >= 4 is 5.97 Å². The molecule has 0 aromatic carbocycles. The van der Waals surface area contributed by atoms with Crippen LogP contribution in [0.2, 0.25) is 0 Å². The Morgan fingerprint density at radius 1 is 1.30 bits per heavy atom. The first kappa shape index (κ1) is 13.1. The van der Waals surface area contributed by atoms with Crippen LogP contribution in [-0.4, -0.2) is 43.2 Å². The Hall–Kier alpha value is -0.570. The Bertz CT molecular complexity index is 472. The number of hydrogen-bond donors (Lipinski definition) is 0. The highest BCUT2D eigenvalue weighted by Crippen LogP contribution is 2.67. The van der Waals surface area contributed by atoms with Gasteiger partial charge in [-0.15, -0.1) is 0 Å². The van der Waals surface area contributed by atoms with Gasteiger partial charge in [-0.2, -0.15) is 0 Å². The van der Waals surface area contributed by atoms with Crippen molar-refractivity contribution in [2.45, 2.75) is 45.8 Å². The molecule has 112 valence electrons. The van der Waals surface area contributed by atoms with Gasteiger partial charge < -0.3 is 9.22 Å². The highest BCUT2D eigenvalue weighted by atomic mass is 16.6. The van der Waals surface area contributed by atoms with E-state index >= 15 is 0 Å². The molecule has 7 atom stereocenters. The van der Waals surface area contributed by atoms with Gasteiger partial charge in [0.15, 0.2) is 6.10 Å². The SMILES string of the molecule is CC(C)C1C2C(=O)O[C@@H]1C1C3(C)C2CC[C@H]3C[N+]1(C)C. The molecule has 0 aromatic rings. The second kappa shape index (κ2) is 3.60. The number of carbonyl (C=O) groups excluding carboxylic acids is 1. The maximum atomic E-state index is 12.5. The summed E-state index contributed by atoms with van der Waals surface area (Å²) in [6.45, 7) is 8.29. The van der Waals surface area contributed by atoms with Gasteiger partial charge in [-0.1, -0.05) is 20.8 Å². The average molecular weight is 278 g/mol. The van der Waals surface area contributed by atoms with Crippen molar-refractivity contribution in [3.05, 3.63) is 0 Å². The third-order valence-corrected chi connectivity index (χ3v) is 7.42. The number of fused-ring (bicyclic) bond motifs is 4. The van der Waals surface area contributed by atoms with Crippen LogP contribution in [0.15, 0.2) is 0 Å². The number of likely N-dealkylation sites (tertiary alicyclic amines) is 1. The van der Waals surface area contributed by atoms with E-state index in [4.69, 9.17) is 4.74 Å². The van der Waals surface area contributed by atoms with Crippen molar-refractivity contribution in [1.29, 1.82) is 0 Å². The van der Waals surface area contributed by atoms with Gasteiger partial charge in [-0.05, 0) is 24.7 Å². The van der Waals surface area contributed by atoms with Crippen molar-refractivity contribution in [3.63, 3.8) is 0 Å². The van der Waals surface area contributed by atoms with Crippen LogP contribution in [0.5, 0.6) is 0 Å². The number of nitrogens with zero attached hydrogens (tertiary/aromatic N) is 1. The molecule has 3 nitrogen and oxygen atoms in total. The Balaban J connectivity index is 1.88. The molecule has 5 unspecified atom stereocenters. The van der Waals surface area contributed by atoms with Gasteiger partial charge in [0.25, 0.3) is 0 Å². The lowest BCUT2D eigenvalue weighted by Gasteiger charge is -2.50. The van der Waals surface area contributed by atoms with Crippen LogP contribution in [0, 0.1) is 35.0 Å². The second-order valence-corrected chi connectivity index (χ2v) is 8.90. The summed E-state index contributed by atoms with van der Waals surface area (Å²) in [4.78, 5) is 12.5. The summed E-state index contributed by atoms with van der Waals surface area (Å²) in [6.07, 6.45) is 2.72. The van der Waals surface area contributed by atoms with Crippen molar-refractivity contribution in [1.82, 2.24) is 0 Å². The quantitative estimate of drug-likeness (QED) is 0.543. The minimum Gasteiger partial charge on any atom is -0.455 e. The van der Waals surface area contributed by atoms with Crippen molar-refractivity contribution < 1.29 is 14.0 Å². The van der Waals surface area contributed by atoms with Crippen molar-refractivity contribution in [2.75, 3.05) is 20.6 Å². The molecule has 0 spiro atoms. The van der Waals surface area contributed by atoms with Crippen LogP contribution >= 0.6 is 0 Å². The fourth-order valence-corrected chi connectivity index (χ4v) is 6.96. The third kappa shape index (κ3) is 1.25. The lowest BCUT2D eigenvalue weighted by atomic mass is 9.55. The average Bonchev–Trinajstić information content (AvgIpc) is 2.83. The van der Waals surface area contributed by atoms with Gasteiger partial charge in [-0.3, -0.25) is 4.79 Å². The molecular formula is C17H28NO2+. The van der Waals surface area contributed by atoms with Crippen molar-refractivity contribution in [3.8, 4) is 0 Å². The Kier molecular flexibility index (Phi) is 2.36. The van der Waals surface area contributed by atoms with Gasteiger partial charge in [0, 0.05) is 17.3 Å². The summed E-state index contributed by atoms with van der Waals surface area (Å²) < 4.78 is 7.02. The number of esters is 1. The number of carbonyl (C=O) groups is 1. The van der Waals surface area contributed by atoms with Gasteiger partial charge in [0.05, 0.1) is 26.6 Å². The number of rotatable bonds is 1. The molecule has 2 bridgehead atoms. The summed E-state index contributed by atoms with van der Waals surface area (Å²) >= 11 is 0. The van der Waals surface area contributed by atoms with E-state index < -0.39 is 0 Å². The molecule has 2 aliphatic heterocycles. The van der Waals surface area contributed by atoms with E-state index in [1.807, 2.05) is 0 Å². The zero-order chi connectivity index (χ0) is 14.4. The third-order valence-electron chi connectivity index (χ3n) is 7.42. The molecule has 2 heterocycles. The summed E-state index contributed by atoms with van der Waals surface area (Å²) in [5, 5.41) is 0. The molecular weight excluding hydrogens is 250 g/mol. The molecule has 2 saturated heterocycles.